The van der Waals surface area contributed by atoms with Crippen LogP contribution in [0, 0.1) is 0 Å². The van der Waals surface area contributed by atoms with Crippen LogP contribution in [0.5, 0.6) is 11.5 Å². The maximum absolute atomic E-state index is 5.86. The average Bonchev–Trinajstić information content (AvgIpc) is 3.24. The Morgan fingerprint density at radius 3 is 2.86 bits per heavy atom. The second-order valence-corrected chi connectivity index (χ2v) is 5.31. The Labute approximate surface area is 123 Å². The Morgan fingerprint density at radius 2 is 2.19 bits per heavy atom. The first-order chi connectivity index (χ1) is 10.2. The summed E-state index contributed by atoms with van der Waals surface area (Å²) < 4.78 is 16.2. The highest BCUT2D eigenvalue weighted by Crippen LogP contribution is 2.39. The summed E-state index contributed by atoms with van der Waals surface area (Å²) in [6, 6.07) is 5.60. The molecule has 2 N–H and O–H groups in total. The van der Waals surface area contributed by atoms with Gasteiger partial charge in [-0.1, -0.05) is 11.2 Å². The van der Waals surface area contributed by atoms with E-state index >= 15 is 0 Å². The van der Waals surface area contributed by atoms with Crippen LogP contribution >= 0.6 is 0 Å². The number of aromatic nitrogens is 2. The van der Waals surface area contributed by atoms with Crippen LogP contribution in [0.15, 0.2) is 22.7 Å². The lowest BCUT2D eigenvalue weighted by Gasteiger charge is -2.12. The van der Waals surface area contributed by atoms with Crippen LogP contribution in [-0.4, -0.2) is 17.3 Å². The lowest BCUT2D eigenvalue weighted by molar-refractivity contribution is 0.269. The Morgan fingerprint density at radius 1 is 1.38 bits per heavy atom. The number of nitrogens with zero attached hydrogens (tertiary/aromatic N) is 2. The van der Waals surface area contributed by atoms with Gasteiger partial charge in [-0.3, -0.25) is 0 Å². The Kier molecular flexibility index (Phi) is 3.79. The highest BCUT2D eigenvalue weighted by molar-refractivity contribution is 5.43. The zero-order valence-electron chi connectivity index (χ0n) is 12.2. The van der Waals surface area contributed by atoms with Crippen molar-refractivity contribution in [2.45, 2.75) is 38.3 Å². The van der Waals surface area contributed by atoms with Crippen LogP contribution in [0.4, 0.5) is 0 Å². The molecule has 0 saturated heterocycles. The quantitative estimate of drug-likeness (QED) is 0.880. The molecular formula is C15H19N3O3. The number of hydrogen-bond donors (Lipinski definition) is 1. The minimum absolute atomic E-state index is 0.0498. The van der Waals surface area contributed by atoms with E-state index in [0.29, 0.717) is 29.1 Å². The van der Waals surface area contributed by atoms with Gasteiger partial charge in [-0.25, -0.2) is 0 Å². The molecular weight excluding hydrogens is 270 g/mol. The molecule has 0 bridgehead atoms. The summed E-state index contributed by atoms with van der Waals surface area (Å²) >= 11 is 0. The molecule has 1 aliphatic carbocycles. The Bertz CT molecular complexity index is 620. The molecule has 1 aromatic carbocycles. The van der Waals surface area contributed by atoms with Crippen molar-refractivity contribution < 1.29 is 14.0 Å². The van der Waals surface area contributed by atoms with Crippen LogP contribution in [0.3, 0.4) is 0 Å². The molecule has 1 aliphatic rings. The van der Waals surface area contributed by atoms with Crippen LogP contribution in [0.25, 0.3) is 0 Å². The molecule has 1 saturated carbocycles. The van der Waals surface area contributed by atoms with Gasteiger partial charge in [0, 0.05) is 12.0 Å². The van der Waals surface area contributed by atoms with Crippen molar-refractivity contribution in [1.29, 1.82) is 0 Å². The summed E-state index contributed by atoms with van der Waals surface area (Å²) in [7, 11) is 1.60. The number of rotatable bonds is 6. The maximum atomic E-state index is 5.86. The molecule has 1 aromatic heterocycles. The average molecular weight is 289 g/mol. The number of ether oxygens (including phenoxy) is 2. The van der Waals surface area contributed by atoms with Crippen LogP contribution in [-0.2, 0) is 6.61 Å². The lowest BCUT2D eigenvalue weighted by Crippen LogP contribution is -2.06. The lowest BCUT2D eigenvalue weighted by atomic mass is 10.1. The van der Waals surface area contributed by atoms with E-state index in [1.54, 1.807) is 7.11 Å². The van der Waals surface area contributed by atoms with E-state index in [0.717, 1.165) is 18.4 Å². The molecule has 0 radical (unpaired) electrons. The van der Waals surface area contributed by atoms with E-state index in [1.807, 2.05) is 25.1 Å². The van der Waals surface area contributed by atoms with Gasteiger partial charge >= 0.3 is 0 Å². The van der Waals surface area contributed by atoms with E-state index in [9.17, 15) is 0 Å². The fourth-order valence-electron chi connectivity index (χ4n) is 2.05. The second-order valence-electron chi connectivity index (χ2n) is 5.31. The van der Waals surface area contributed by atoms with Gasteiger partial charge in [-0.15, -0.1) is 0 Å². The zero-order valence-corrected chi connectivity index (χ0v) is 12.2. The van der Waals surface area contributed by atoms with Crippen molar-refractivity contribution >= 4 is 0 Å². The molecule has 1 heterocycles. The van der Waals surface area contributed by atoms with Gasteiger partial charge in [0.1, 0.15) is 0 Å². The van der Waals surface area contributed by atoms with Crippen LogP contribution in [0.1, 0.15) is 49.0 Å². The molecule has 1 fully saturated rings. The summed E-state index contributed by atoms with van der Waals surface area (Å²) in [5, 5.41) is 3.92. The normalized spacial score (nSPS) is 15.8. The van der Waals surface area contributed by atoms with Gasteiger partial charge < -0.3 is 19.7 Å². The van der Waals surface area contributed by atoms with Crippen LogP contribution in [0.2, 0.25) is 0 Å². The maximum Gasteiger partial charge on any atom is 0.229 e. The van der Waals surface area contributed by atoms with Gasteiger partial charge in [0.25, 0.3) is 0 Å². The summed E-state index contributed by atoms with van der Waals surface area (Å²) in [6.07, 6.45) is 2.27. The molecule has 1 unspecified atom stereocenters. The SMILES string of the molecule is COc1cc(C(C)N)ccc1OCc1noc(C2CC2)n1. The summed E-state index contributed by atoms with van der Waals surface area (Å²) in [4.78, 5) is 4.33. The van der Waals surface area contributed by atoms with Gasteiger partial charge in [-0.2, -0.15) is 4.98 Å². The van der Waals surface area contributed by atoms with Gasteiger partial charge in [0.05, 0.1) is 7.11 Å². The van der Waals surface area contributed by atoms with Crippen molar-refractivity contribution in [3.8, 4) is 11.5 Å². The first-order valence-corrected chi connectivity index (χ1v) is 7.06. The van der Waals surface area contributed by atoms with Gasteiger partial charge in [0.2, 0.25) is 11.7 Å². The van der Waals surface area contributed by atoms with Crippen molar-refractivity contribution in [3.05, 3.63) is 35.5 Å². The van der Waals surface area contributed by atoms with E-state index < -0.39 is 0 Å². The fourth-order valence-corrected chi connectivity index (χ4v) is 2.05. The fraction of sp³-hybridized carbons (Fsp3) is 0.467. The van der Waals surface area contributed by atoms with Crippen molar-refractivity contribution in [2.24, 2.45) is 5.73 Å². The van der Waals surface area contributed by atoms with Crippen molar-refractivity contribution in [3.63, 3.8) is 0 Å². The second kappa shape index (κ2) is 5.73. The third-order valence-corrected chi connectivity index (χ3v) is 3.48. The Balaban J connectivity index is 1.68. The minimum Gasteiger partial charge on any atom is -0.493 e. The number of hydrogen-bond acceptors (Lipinski definition) is 6. The van der Waals surface area contributed by atoms with Crippen molar-refractivity contribution in [2.75, 3.05) is 7.11 Å². The van der Waals surface area contributed by atoms with E-state index in [-0.39, 0.29) is 12.6 Å². The monoisotopic (exact) mass is 289 g/mol. The molecule has 112 valence electrons. The van der Waals surface area contributed by atoms with Gasteiger partial charge in [0.15, 0.2) is 18.1 Å². The molecule has 6 nitrogen and oxygen atoms in total. The third kappa shape index (κ3) is 3.16. The number of nitrogens with two attached hydrogens (primary N) is 1. The standard InChI is InChI=1S/C15H19N3O3/c1-9(16)11-5-6-12(13(7-11)19-2)20-8-14-17-15(21-18-14)10-3-4-10/h5-7,9-10H,3-4,8,16H2,1-2H3. The first-order valence-electron chi connectivity index (χ1n) is 7.06. The number of methoxy groups -OCH3 is 1. The summed E-state index contributed by atoms with van der Waals surface area (Å²) in [6.45, 7) is 2.18. The van der Waals surface area contributed by atoms with Crippen molar-refractivity contribution in [1.82, 2.24) is 10.1 Å². The van der Waals surface area contributed by atoms with Gasteiger partial charge in [-0.05, 0) is 37.5 Å². The largest absolute Gasteiger partial charge is 0.493 e. The smallest absolute Gasteiger partial charge is 0.229 e. The predicted molar refractivity (Wildman–Crippen MR) is 76.2 cm³/mol. The topological polar surface area (TPSA) is 83.4 Å². The summed E-state index contributed by atoms with van der Waals surface area (Å²) in [5.74, 6) is 3.00. The molecule has 0 aliphatic heterocycles. The summed E-state index contributed by atoms with van der Waals surface area (Å²) in [5.41, 5.74) is 6.86. The molecule has 0 spiro atoms. The Hall–Kier alpha value is -2.08. The third-order valence-electron chi connectivity index (χ3n) is 3.48. The number of benzene rings is 1. The molecule has 2 aromatic rings. The minimum atomic E-state index is -0.0498. The van der Waals surface area contributed by atoms with E-state index in [1.165, 1.54) is 0 Å². The van der Waals surface area contributed by atoms with E-state index in [2.05, 4.69) is 10.1 Å². The zero-order chi connectivity index (χ0) is 14.8. The highest BCUT2D eigenvalue weighted by atomic mass is 16.5. The molecule has 1 atom stereocenters. The first kappa shape index (κ1) is 13.9. The van der Waals surface area contributed by atoms with E-state index in [4.69, 9.17) is 19.7 Å². The predicted octanol–water partition coefficient (Wildman–Crippen LogP) is 2.55. The molecule has 0 amide bonds. The molecule has 21 heavy (non-hydrogen) atoms. The molecule has 6 heteroatoms. The molecule has 3 rings (SSSR count). The van der Waals surface area contributed by atoms with Crippen LogP contribution < -0.4 is 15.2 Å². The highest BCUT2D eigenvalue weighted by Gasteiger charge is 2.29.